The minimum Gasteiger partial charge on any atom is -0.312 e. The molecule has 106 valence electrons. The first-order valence-electron chi connectivity index (χ1n) is 6.73. The molecule has 1 heterocycles. The summed E-state index contributed by atoms with van der Waals surface area (Å²) in [7, 11) is 0. The number of benzene rings is 1. The summed E-state index contributed by atoms with van der Waals surface area (Å²) in [5, 5.41) is 10.8. The van der Waals surface area contributed by atoms with Crippen molar-refractivity contribution in [2.75, 3.05) is 17.2 Å². The minimum absolute atomic E-state index is 0.0911. The molecule has 0 radical (unpaired) electrons. The van der Waals surface area contributed by atoms with Gasteiger partial charge in [0.15, 0.2) is 0 Å². The van der Waals surface area contributed by atoms with Crippen LogP contribution in [-0.4, -0.2) is 23.1 Å². The molecule has 1 saturated carbocycles. The standard InChI is InChI=1S/C14H16N2O3S/c17-13-4-1-10-7-11(16(18)19)2-3-12(10)15(13)8-14(9-20)5-6-14/h2-3,7,20H,1,4-6,8-9H2. The zero-order chi connectivity index (χ0) is 14.3. The van der Waals surface area contributed by atoms with Gasteiger partial charge in [-0.2, -0.15) is 12.6 Å². The molecule has 1 aliphatic carbocycles. The quantitative estimate of drug-likeness (QED) is 0.527. The van der Waals surface area contributed by atoms with Gasteiger partial charge in [-0.3, -0.25) is 14.9 Å². The Hall–Kier alpha value is -1.56. The second kappa shape index (κ2) is 4.77. The van der Waals surface area contributed by atoms with Crippen molar-refractivity contribution in [2.24, 2.45) is 5.41 Å². The van der Waals surface area contributed by atoms with Crippen LogP contribution in [0.25, 0.3) is 0 Å². The van der Waals surface area contributed by atoms with Gasteiger partial charge in [0.05, 0.1) is 4.92 Å². The van der Waals surface area contributed by atoms with Crippen LogP contribution < -0.4 is 4.90 Å². The van der Waals surface area contributed by atoms with Gasteiger partial charge in [-0.05, 0) is 42.1 Å². The summed E-state index contributed by atoms with van der Waals surface area (Å²) in [5.74, 6) is 0.887. The Balaban J connectivity index is 1.93. The van der Waals surface area contributed by atoms with E-state index in [1.54, 1.807) is 17.0 Å². The fourth-order valence-corrected chi connectivity index (χ4v) is 3.13. The predicted molar refractivity (Wildman–Crippen MR) is 79.3 cm³/mol. The number of nitrogens with zero attached hydrogens (tertiary/aromatic N) is 2. The summed E-state index contributed by atoms with van der Waals surface area (Å²) in [6, 6.07) is 4.78. The first-order valence-corrected chi connectivity index (χ1v) is 7.36. The monoisotopic (exact) mass is 292 g/mol. The predicted octanol–water partition coefficient (Wildman–Crippen LogP) is 2.58. The van der Waals surface area contributed by atoms with Crippen molar-refractivity contribution in [2.45, 2.75) is 25.7 Å². The number of thiol groups is 1. The van der Waals surface area contributed by atoms with E-state index in [2.05, 4.69) is 12.6 Å². The molecule has 1 aromatic carbocycles. The third kappa shape index (κ3) is 2.28. The maximum absolute atomic E-state index is 12.2. The number of rotatable bonds is 4. The Morgan fingerprint density at radius 2 is 2.10 bits per heavy atom. The van der Waals surface area contributed by atoms with Crippen molar-refractivity contribution in [1.29, 1.82) is 0 Å². The molecular formula is C14H16N2O3S. The van der Waals surface area contributed by atoms with Crippen molar-refractivity contribution in [1.82, 2.24) is 0 Å². The summed E-state index contributed by atoms with van der Waals surface area (Å²) < 4.78 is 0. The van der Waals surface area contributed by atoms with Crippen LogP contribution in [-0.2, 0) is 11.2 Å². The average Bonchev–Trinajstić information content (AvgIpc) is 3.22. The van der Waals surface area contributed by atoms with E-state index in [1.165, 1.54) is 6.07 Å². The van der Waals surface area contributed by atoms with Crippen LogP contribution in [0.15, 0.2) is 18.2 Å². The second-order valence-corrected chi connectivity index (χ2v) is 6.02. The smallest absolute Gasteiger partial charge is 0.269 e. The molecule has 2 aliphatic rings. The highest BCUT2D eigenvalue weighted by Gasteiger charge is 2.44. The van der Waals surface area contributed by atoms with E-state index < -0.39 is 4.92 Å². The Labute approximate surface area is 122 Å². The lowest BCUT2D eigenvalue weighted by Gasteiger charge is -2.32. The number of nitro benzene ring substituents is 1. The topological polar surface area (TPSA) is 63.4 Å². The van der Waals surface area contributed by atoms with Crippen LogP contribution in [0.3, 0.4) is 0 Å². The summed E-state index contributed by atoms with van der Waals surface area (Å²) in [4.78, 5) is 24.4. The van der Waals surface area contributed by atoms with Gasteiger partial charge in [0.25, 0.3) is 5.69 Å². The van der Waals surface area contributed by atoms with Crippen LogP contribution in [0.4, 0.5) is 11.4 Å². The molecule has 1 aliphatic heterocycles. The van der Waals surface area contributed by atoms with E-state index in [-0.39, 0.29) is 17.0 Å². The highest BCUT2D eigenvalue weighted by atomic mass is 32.1. The number of hydrogen-bond donors (Lipinski definition) is 1. The Bertz CT molecular complexity index is 584. The molecule has 1 fully saturated rings. The average molecular weight is 292 g/mol. The number of anilines is 1. The summed E-state index contributed by atoms with van der Waals surface area (Å²) in [6.45, 7) is 0.681. The van der Waals surface area contributed by atoms with Gasteiger partial charge in [0.2, 0.25) is 5.91 Å². The van der Waals surface area contributed by atoms with Crippen LogP contribution >= 0.6 is 12.6 Å². The third-order valence-electron chi connectivity index (χ3n) is 4.26. The van der Waals surface area contributed by atoms with Gasteiger partial charge in [0, 0.05) is 30.8 Å². The van der Waals surface area contributed by atoms with Crippen molar-refractivity contribution in [3.05, 3.63) is 33.9 Å². The third-order valence-corrected chi connectivity index (χ3v) is 4.93. The Morgan fingerprint density at radius 3 is 2.70 bits per heavy atom. The number of fused-ring (bicyclic) bond motifs is 1. The molecule has 5 nitrogen and oxygen atoms in total. The Morgan fingerprint density at radius 1 is 1.35 bits per heavy atom. The summed E-state index contributed by atoms with van der Waals surface area (Å²) >= 11 is 4.38. The number of aryl methyl sites for hydroxylation is 1. The lowest BCUT2D eigenvalue weighted by molar-refractivity contribution is -0.384. The fraction of sp³-hybridized carbons (Fsp3) is 0.500. The fourth-order valence-electron chi connectivity index (χ4n) is 2.71. The molecular weight excluding hydrogens is 276 g/mol. The van der Waals surface area contributed by atoms with E-state index in [1.807, 2.05) is 0 Å². The Kier molecular flexibility index (Phi) is 3.20. The number of carbonyl (C=O) groups excluding carboxylic acids is 1. The van der Waals surface area contributed by atoms with Gasteiger partial charge >= 0.3 is 0 Å². The maximum Gasteiger partial charge on any atom is 0.269 e. The highest BCUT2D eigenvalue weighted by Crippen LogP contribution is 2.48. The van der Waals surface area contributed by atoms with Crippen molar-refractivity contribution in [3.63, 3.8) is 0 Å². The lowest BCUT2D eigenvalue weighted by atomic mass is 9.98. The molecule has 0 N–H and O–H groups in total. The molecule has 0 unspecified atom stereocenters. The van der Waals surface area contributed by atoms with E-state index in [4.69, 9.17) is 0 Å². The van der Waals surface area contributed by atoms with Crippen LogP contribution in [0, 0.1) is 15.5 Å². The summed E-state index contributed by atoms with van der Waals surface area (Å²) in [5.41, 5.74) is 1.97. The van der Waals surface area contributed by atoms with Crippen molar-refractivity contribution < 1.29 is 9.72 Å². The first kappa shape index (κ1) is 13.4. The molecule has 3 rings (SSSR count). The number of carbonyl (C=O) groups is 1. The zero-order valence-corrected chi connectivity index (χ0v) is 11.9. The van der Waals surface area contributed by atoms with Gasteiger partial charge in [0.1, 0.15) is 0 Å². The van der Waals surface area contributed by atoms with Crippen LogP contribution in [0.5, 0.6) is 0 Å². The van der Waals surface area contributed by atoms with E-state index in [0.29, 0.717) is 19.4 Å². The molecule has 1 amide bonds. The van der Waals surface area contributed by atoms with Crippen LogP contribution in [0.1, 0.15) is 24.8 Å². The maximum atomic E-state index is 12.2. The molecule has 0 spiro atoms. The van der Waals surface area contributed by atoms with Gasteiger partial charge in [-0.1, -0.05) is 0 Å². The highest BCUT2D eigenvalue weighted by molar-refractivity contribution is 7.80. The van der Waals surface area contributed by atoms with Crippen molar-refractivity contribution >= 4 is 29.9 Å². The van der Waals surface area contributed by atoms with Gasteiger partial charge in [-0.25, -0.2) is 0 Å². The molecule has 0 aromatic heterocycles. The molecule has 0 bridgehead atoms. The number of nitro groups is 1. The number of non-ortho nitro benzene ring substituents is 1. The van der Waals surface area contributed by atoms with E-state index >= 15 is 0 Å². The largest absolute Gasteiger partial charge is 0.312 e. The van der Waals surface area contributed by atoms with Gasteiger partial charge in [-0.15, -0.1) is 0 Å². The van der Waals surface area contributed by atoms with Crippen molar-refractivity contribution in [3.8, 4) is 0 Å². The van der Waals surface area contributed by atoms with Crippen LogP contribution in [0.2, 0.25) is 0 Å². The van der Waals surface area contributed by atoms with Gasteiger partial charge < -0.3 is 4.90 Å². The summed E-state index contributed by atoms with van der Waals surface area (Å²) in [6.07, 6.45) is 3.21. The zero-order valence-electron chi connectivity index (χ0n) is 11.0. The molecule has 20 heavy (non-hydrogen) atoms. The normalized spacial score (nSPS) is 19.6. The number of hydrogen-bond acceptors (Lipinski definition) is 4. The van der Waals surface area contributed by atoms with E-state index in [9.17, 15) is 14.9 Å². The lowest BCUT2D eigenvalue weighted by Crippen LogP contribution is -2.40. The molecule has 6 heteroatoms. The first-order chi connectivity index (χ1) is 9.54. The molecule has 1 aromatic rings. The SMILES string of the molecule is O=C1CCc2cc([N+](=O)[O-])ccc2N1CC1(CS)CC1. The number of amides is 1. The second-order valence-electron chi connectivity index (χ2n) is 5.71. The molecule has 0 saturated heterocycles. The minimum atomic E-state index is -0.392. The molecule has 0 atom stereocenters. The van der Waals surface area contributed by atoms with E-state index in [0.717, 1.165) is 29.8 Å².